The Morgan fingerprint density at radius 1 is 0.197 bits per heavy atom. The van der Waals surface area contributed by atoms with Crippen LogP contribution in [-0.2, 0) is 0 Å². The maximum atomic E-state index is 6.66. The predicted molar refractivity (Wildman–Crippen MR) is 303 cm³/mol. The summed E-state index contributed by atoms with van der Waals surface area (Å²) >= 11 is 0. The van der Waals surface area contributed by atoms with Crippen molar-refractivity contribution in [2.24, 2.45) is 0 Å². The Labute approximate surface area is 410 Å². The average molecular weight is 899 g/mol. The largest absolute Gasteiger partial charge is 0.455 e. The van der Waals surface area contributed by atoms with Crippen LogP contribution in [0, 0.1) is 0 Å². The van der Waals surface area contributed by atoms with Crippen molar-refractivity contribution in [1.82, 2.24) is 0 Å². The summed E-state index contributed by atoms with van der Waals surface area (Å²) in [5.74, 6) is 0. The van der Waals surface area contributed by atoms with Gasteiger partial charge in [0.2, 0.25) is 0 Å². The monoisotopic (exact) mass is 898 g/mol. The molecule has 14 aromatic carbocycles. The van der Waals surface area contributed by atoms with Gasteiger partial charge in [0.25, 0.3) is 0 Å². The second-order valence-electron chi connectivity index (χ2n) is 19.0. The molecule has 1 nitrogen and oxygen atoms in total. The molecule has 0 saturated heterocycles. The van der Waals surface area contributed by atoms with E-state index in [-0.39, 0.29) is 0 Å². The molecule has 0 bridgehead atoms. The average Bonchev–Trinajstić information content (AvgIpc) is 3.82. The number of para-hydroxylation sites is 2. The number of fused-ring (bicyclic) bond motifs is 10. The molecule has 0 saturated carbocycles. The lowest BCUT2D eigenvalue weighted by Crippen LogP contribution is -1.92. The number of hydrogen-bond donors (Lipinski definition) is 0. The lowest BCUT2D eigenvalue weighted by molar-refractivity contribution is 0.670. The molecule has 0 fully saturated rings. The molecule has 0 amide bonds. The van der Waals surface area contributed by atoms with Gasteiger partial charge in [-0.05, 0) is 144 Å². The Hall–Kier alpha value is -9.30. The van der Waals surface area contributed by atoms with Crippen LogP contribution in [0.15, 0.2) is 259 Å². The van der Waals surface area contributed by atoms with Gasteiger partial charge in [-0.15, -0.1) is 0 Å². The molecule has 1 heteroatoms. The van der Waals surface area contributed by atoms with Crippen molar-refractivity contribution in [3.63, 3.8) is 0 Å². The highest BCUT2D eigenvalue weighted by atomic mass is 16.3. The van der Waals surface area contributed by atoms with Gasteiger partial charge >= 0.3 is 0 Å². The fourth-order valence-corrected chi connectivity index (χ4v) is 12.1. The molecule has 0 atom stereocenters. The zero-order valence-electron chi connectivity index (χ0n) is 38.7. The molecule has 0 N–H and O–H groups in total. The molecule has 0 radical (unpaired) electrons. The Kier molecular flexibility index (Phi) is 8.73. The van der Waals surface area contributed by atoms with Crippen LogP contribution < -0.4 is 0 Å². The summed E-state index contributed by atoms with van der Waals surface area (Å²) in [5, 5.41) is 19.6. The van der Waals surface area contributed by atoms with Crippen molar-refractivity contribution < 1.29 is 4.42 Å². The van der Waals surface area contributed by atoms with Gasteiger partial charge in [0.05, 0.1) is 0 Å². The van der Waals surface area contributed by atoms with Crippen molar-refractivity contribution in [1.29, 1.82) is 0 Å². The third-order valence-corrected chi connectivity index (χ3v) is 15.2. The predicted octanol–water partition coefficient (Wildman–Crippen LogP) is 20.0. The molecule has 0 aliphatic rings. The minimum absolute atomic E-state index is 0.908. The summed E-state index contributed by atoms with van der Waals surface area (Å²) in [6, 6.07) is 93.9. The zero-order chi connectivity index (χ0) is 46.6. The van der Waals surface area contributed by atoms with Gasteiger partial charge in [0.15, 0.2) is 0 Å². The van der Waals surface area contributed by atoms with Gasteiger partial charge < -0.3 is 4.42 Å². The second-order valence-corrected chi connectivity index (χ2v) is 19.0. The standard InChI is InChI=1S/C70H42O/c1-2-17-44-42-49(35-34-43(44)16-1)66-55-21-3-5-23-57(55)67(58-24-6-4-22-56(58)66)53-29-13-18-47-40-45(36-38-50(47)53)46-37-39-51-48(41-46)19-14-30-54(51)68-59-25-7-9-27-61(59)69(62-28-10-8-26-60(62)68)64-32-15-31-63-52-20-11-12-33-65(52)71-70(63)64/h1-42H. The first kappa shape index (κ1) is 39.7. The summed E-state index contributed by atoms with van der Waals surface area (Å²) in [4.78, 5) is 0. The van der Waals surface area contributed by atoms with Crippen molar-refractivity contribution >= 4 is 97.3 Å². The van der Waals surface area contributed by atoms with E-state index in [0.29, 0.717) is 0 Å². The van der Waals surface area contributed by atoms with Crippen LogP contribution in [0.3, 0.4) is 0 Å². The van der Waals surface area contributed by atoms with Gasteiger partial charge in [0, 0.05) is 21.9 Å². The summed E-state index contributed by atoms with van der Waals surface area (Å²) < 4.78 is 6.66. The van der Waals surface area contributed by atoms with Gasteiger partial charge in [-0.1, -0.05) is 231 Å². The van der Waals surface area contributed by atoms with Crippen LogP contribution in [0.2, 0.25) is 0 Å². The summed E-state index contributed by atoms with van der Waals surface area (Å²) in [7, 11) is 0. The van der Waals surface area contributed by atoms with Gasteiger partial charge in [-0.3, -0.25) is 0 Å². The first-order valence-electron chi connectivity index (χ1n) is 24.6. The van der Waals surface area contributed by atoms with Crippen LogP contribution in [-0.4, -0.2) is 0 Å². The molecule has 0 aliphatic carbocycles. The Morgan fingerprint density at radius 3 is 1.10 bits per heavy atom. The molecule has 0 aliphatic heterocycles. The zero-order valence-corrected chi connectivity index (χ0v) is 38.7. The van der Waals surface area contributed by atoms with E-state index in [1.807, 2.05) is 6.07 Å². The number of furan rings is 1. The molecular formula is C70H42O. The third kappa shape index (κ3) is 6.07. The van der Waals surface area contributed by atoms with Crippen LogP contribution >= 0.6 is 0 Å². The van der Waals surface area contributed by atoms with Crippen LogP contribution in [0.1, 0.15) is 0 Å². The number of benzene rings is 14. The molecule has 328 valence electrons. The lowest BCUT2D eigenvalue weighted by atomic mass is 9.84. The number of rotatable bonds is 5. The van der Waals surface area contributed by atoms with Crippen LogP contribution in [0.4, 0.5) is 0 Å². The molecular weight excluding hydrogens is 857 g/mol. The Morgan fingerprint density at radius 2 is 0.563 bits per heavy atom. The molecule has 15 aromatic rings. The molecule has 1 aromatic heterocycles. The van der Waals surface area contributed by atoms with E-state index >= 15 is 0 Å². The minimum Gasteiger partial charge on any atom is -0.455 e. The van der Waals surface area contributed by atoms with E-state index in [1.165, 1.54) is 125 Å². The maximum Gasteiger partial charge on any atom is 0.143 e. The van der Waals surface area contributed by atoms with E-state index in [9.17, 15) is 0 Å². The smallest absolute Gasteiger partial charge is 0.143 e. The first-order valence-corrected chi connectivity index (χ1v) is 24.6. The first-order chi connectivity index (χ1) is 35.2. The Bertz CT molecular complexity index is 4590. The molecule has 15 rings (SSSR count). The van der Waals surface area contributed by atoms with Crippen LogP contribution in [0.25, 0.3) is 153 Å². The second kappa shape index (κ2) is 15.6. The Balaban J connectivity index is 0.866. The minimum atomic E-state index is 0.908. The summed E-state index contributed by atoms with van der Waals surface area (Å²) in [5.41, 5.74) is 14.0. The summed E-state index contributed by atoms with van der Waals surface area (Å²) in [6.45, 7) is 0. The third-order valence-electron chi connectivity index (χ3n) is 15.2. The normalized spacial score (nSPS) is 11.9. The SMILES string of the molecule is c1ccc2cc(-c3c4ccccc4c(-c4cccc5cc(-c6ccc7c(-c8c9ccccc9c(-c9cccc%10c9oc9ccccc9%10)c9ccccc89)cccc7c6)ccc45)c4ccccc34)ccc2c1. The quantitative estimate of drug-likeness (QED) is 0.157. The molecule has 0 spiro atoms. The highest BCUT2D eigenvalue weighted by Crippen LogP contribution is 2.49. The highest BCUT2D eigenvalue weighted by molar-refractivity contribution is 6.27. The molecule has 1 heterocycles. The fourth-order valence-electron chi connectivity index (χ4n) is 12.1. The fraction of sp³-hybridized carbons (Fsp3) is 0. The van der Waals surface area contributed by atoms with Crippen molar-refractivity contribution in [2.45, 2.75) is 0 Å². The van der Waals surface area contributed by atoms with E-state index in [2.05, 4.69) is 249 Å². The molecule has 71 heavy (non-hydrogen) atoms. The van der Waals surface area contributed by atoms with E-state index in [0.717, 1.165) is 27.5 Å². The van der Waals surface area contributed by atoms with E-state index in [1.54, 1.807) is 0 Å². The van der Waals surface area contributed by atoms with E-state index < -0.39 is 0 Å². The highest BCUT2D eigenvalue weighted by Gasteiger charge is 2.22. The summed E-state index contributed by atoms with van der Waals surface area (Å²) in [6.07, 6.45) is 0. The van der Waals surface area contributed by atoms with Gasteiger partial charge in [-0.25, -0.2) is 0 Å². The van der Waals surface area contributed by atoms with E-state index in [4.69, 9.17) is 4.42 Å². The van der Waals surface area contributed by atoms with Crippen molar-refractivity contribution in [2.75, 3.05) is 0 Å². The van der Waals surface area contributed by atoms with Crippen molar-refractivity contribution in [3.05, 3.63) is 255 Å². The van der Waals surface area contributed by atoms with Gasteiger partial charge in [-0.2, -0.15) is 0 Å². The van der Waals surface area contributed by atoms with Crippen molar-refractivity contribution in [3.8, 4) is 55.6 Å². The lowest BCUT2D eigenvalue weighted by Gasteiger charge is -2.19. The topological polar surface area (TPSA) is 13.1 Å². The maximum absolute atomic E-state index is 6.66. The van der Waals surface area contributed by atoms with Crippen LogP contribution in [0.5, 0.6) is 0 Å². The van der Waals surface area contributed by atoms with Gasteiger partial charge in [0.1, 0.15) is 11.2 Å². The number of hydrogen-bond acceptors (Lipinski definition) is 1. The molecule has 0 unspecified atom stereocenters.